The van der Waals surface area contributed by atoms with Crippen LogP contribution in [0.3, 0.4) is 0 Å². The van der Waals surface area contributed by atoms with E-state index in [0.717, 1.165) is 30.0 Å². The molecule has 3 nitrogen and oxygen atoms in total. The normalized spacial score (nSPS) is 26.1. The van der Waals surface area contributed by atoms with Gasteiger partial charge in [-0.1, -0.05) is 13.8 Å². The van der Waals surface area contributed by atoms with Gasteiger partial charge in [0, 0.05) is 30.1 Å². The first-order chi connectivity index (χ1) is 10.2. The smallest absolute Gasteiger partial charge is 0.134 e. The van der Waals surface area contributed by atoms with Gasteiger partial charge in [0.1, 0.15) is 11.6 Å². The Kier molecular flexibility index (Phi) is 4.46. The molecule has 1 N–H and O–H groups in total. The summed E-state index contributed by atoms with van der Waals surface area (Å²) in [4.78, 5) is 9.72. The van der Waals surface area contributed by atoms with Gasteiger partial charge >= 0.3 is 0 Å². The minimum atomic E-state index is 0.580. The van der Waals surface area contributed by atoms with Gasteiger partial charge in [0.25, 0.3) is 0 Å². The van der Waals surface area contributed by atoms with Crippen LogP contribution in [0.5, 0.6) is 0 Å². The van der Waals surface area contributed by atoms with Gasteiger partial charge < -0.3 is 5.32 Å². The fraction of sp³-hybridized carbons (Fsp3) is 0.778. The van der Waals surface area contributed by atoms with Gasteiger partial charge in [-0.15, -0.1) is 0 Å². The number of aromatic nitrogens is 2. The summed E-state index contributed by atoms with van der Waals surface area (Å²) in [6.45, 7) is 7.78. The molecule has 116 valence electrons. The van der Waals surface area contributed by atoms with E-state index < -0.39 is 0 Å². The van der Waals surface area contributed by atoms with E-state index in [1.54, 1.807) is 0 Å². The second kappa shape index (κ2) is 6.33. The quantitative estimate of drug-likeness (QED) is 0.851. The topological polar surface area (TPSA) is 37.8 Å². The second-order valence-corrected chi connectivity index (χ2v) is 7.20. The lowest BCUT2D eigenvalue weighted by molar-refractivity contribution is 0.254. The number of nitrogens with one attached hydrogen (secondary N) is 1. The summed E-state index contributed by atoms with van der Waals surface area (Å²) in [5.74, 6) is 5.16. The Morgan fingerprint density at radius 1 is 1.05 bits per heavy atom. The summed E-state index contributed by atoms with van der Waals surface area (Å²) in [6, 6.07) is 2.17. The third-order valence-electron chi connectivity index (χ3n) is 5.20. The minimum absolute atomic E-state index is 0.580. The van der Waals surface area contributed by atoms with E-state index in [9.17, 15) is 0 Å². The maximum atomic E-state index is 4.92. The van der Waals surface area contributed by atoms with E-state index >= 15 is 0 Å². The largest absolute Gasteiger partial charge is 0.370 e. The Hall–Kier alpha value is -1.12. The lowest BCUT2D eigenvalue weighted by atomic mass is 9.76. The van der Waals surface area contributed by atoms with Crippen LogP contribution < -0.4 is 5.32 Å². The number of hydrogen-bond donors (Lipinski definition) is 1. The fourth-order valence-electron chi connectivity index (χ4n) is 3.57. The van der Waals surface area contributed by atoms with Crippen molar-refractivity contribution in [3.63, 3.8) is 0 Å². The number of anilines is 1. The first-order valence-corrected chi connectivity index (χ1v) is 8.80. The molecule has 2 aliphatic carbocycles. The van der Waals surface area contributed by atoms with Crippen LogP contribution in [0.15, 0.2) is 6.07 Å². The Balaban J connectivity index is 1.75. The third kappa shape index (κ3) is 3.56. The third-order valence-corrected chi connectivity index (χ3v) is 5.20. The van der Waals surface area contributed by atoms with Crippen LogP contribution in [0, 0.1) is 11.8 Å². The van der Waals surface area contributed by atoms with E-state index in [2.05, 4.69) is 32.2 Å². The summed E-state index contributed by atoms with van der Waals surface area (Å²) in [5, 5.41) is 3.39. The van der Waals surface area contributed by atoms with E-state index in [0.29, 0.717) is 11.8 Å². The maximum absolute atomic E-state index is 4.92. The van der Waals surface area contributed by atoms with E-state index in [4.69, 9.17) is 9.97 Å². The van der Waals surface area contributed by atoms with Gasteiger partial charge in [-0.3, -0.25) is 0 Å². The van der Waals surface area contributed by atoms with E-state index in [1.807, 2.05) is 0 Å². The molecule has 2 aliphatic rings. The highest BCUT2D eigenvalue weighted by Gasteiger charge is 2.29. The highest BCUT2D eigenvalue weighted by atomic mass is 15.0. The first kappa shape index (κ1) is 14.8. The molecule has 0 amide bonds. The van der Waals surface area contributed by atoms with Crippen LogP contribution in [-0.2, 0) is 0 Å². The van der Waals surface area contributed by atoms with Crippen LogP contribution in [0.25, 0.3) is 0 Å². The molecule has 21 heavy (non-hydrogen) atoms. The standard InChI is InChI=1S/C18H29N3/c1-4-19-17-11-16(14-7-8-14)20-18(21-17)15-9-5-13(6-10-15)12(2)3/h11-15H,4-10H2,1-3H3,(H,19,20,21). The molecule has 1 aromatic heterocycles. The van der Waals surface area contributed by atoms with E-state index in [-0.39, 0.29) is 0 Å². The van der Waals surface area contributed by atoms with Crippen molar-refractivity contribution in [2.24, 2.45) is 11.8 Å². The number of nitrogens with zero attached hydrogens (tertiary/aromatic N) is 2. The SMILES string of the molecule is CCNc1cc(C2CC2)nc(C2CCC(C(C)C)CC2)n1. The molecule has 2 fully saturated rings. The maximum Gasteiger partial charge on any atom is 0.134 e. The van der Waals surface area contributed by atoms with Gasteiger partial charge in [-0.05, 0) is 57.3 Å². The Morgan fingerprint density at radius 3 is 2.29 bits per heavy atom. The van der Waals surface area contributed by atoms with Crippen molar-refractivity contribution >= 4 is 5.82 Å². The van der Waals surface area contributed by atoms with Gasteiger partial charge in [0.05, 0.1) is 0 Å². The van der Waals surface area contributed by atoms with Crippen molar-refractivity contribution in [2.45, 2.75) is 71.1 Å². The second-order valence-electron chi connectivity index (χ2n) is 7.20. The molecule has 0 unspecified atom stereocenters. The van der Waals surface area contributed by atoms with Gasteiger partial charge in [-0.2, -0.15) is 0 Å². The summed E-state index contributed by atoms with van der Waals surface area (Å²) in [6.07, 6.45) is 7.83. The zero-order valence-electron chi connectivity index (χ0n) is 13.7. The molecular formula is C18H29N3. The molecule has 1 heterocycles. The van der Waals surface area contributed by atoms with Crippen LogP contribution >= 0.6 is 0 Å². The monoisotopic (exact) mass is 287 g/mol. The van der Waals surface area contributed by atoms with Crippen LogP contribution in [0.4, 0.5) is 5.82 Å². The summed E-state index contributed by atoms with van der Waals surface area (Å²) < 4.78 is 0. The Morgan fingerprint density at radius 2 is 1.71 bits per heavy atom. The van der Waals surface area contributed by atoms with E-state index in [1.165, 1.54) is 44.2 Å². The highest BCUT2D eigenvalue weighted by Crippen LogP contribution is 2.42. The lowest BCUT2D eigenvalue weighted by Gasteiger charge is -2.30. The molecule has 3 rings (SSSR count). The van der Waals surface area contributed by atoms with Gasteiger partial charge in [0.2, 0.25) is 0 Å². The predicted molar refractivity (Wildman–Crippen MR) is 87.7 cm³/mol. The molecule has 0 radical (unpaired) electrons. The highest BCUT2D eigenvalue weighted by molar-refractivity contribution is 5.38. The molecule has 1 aromatic rings. The van der Waals surface area contributed by atoms with Crippen LogP contribution in [0.1, 0.15) is 82.7 Å². The number of rotatable bonds is 5. The Bertz CT molecular complexity index is 471. The summed E-state index contributed by atoms with van der Waals surface area (Å²) in [5.41, 5.74) is 1.28. The summed E-state index contributed by atoms with van der Waals surface area (Å²) >= 11 is 0. The van der Waals surface area contributed by atoms with Gasteiger partial charge in [0.15, 0.2) is 0 Å². The van der Waals surface area contributed by atoms with Gasteiger partial charge in [-0.25, -0.2) is 9.97 Å². The van der Waals surface area contributed by atoms with Crippen molar-refractivity contribution in [1.82, 2.24) is 9.97 Å². The Labute approximate surface area is 129 Å². The molecule has 2 saturated carbocycles. The van der Waals surface area contributed by atoms with Crippen molar-refractivity contribution in [3.8, 4) is 0 Å². The minimum Gasteiger partial charge on any atom is -0.370 e. The zero-order chi connectivity index (χ0) is 14.8. The zero-order valence-corrected chi connectivity index (χ0v) is 13.7. The molecule has 0 aliphatic heterocycles. The fourth-order valence-corrected chi connectivity index (χ4v) is 3.57. The van der Waals surface area contributed by atoms with Crippen LogP contribution in [0.2, 0.25) is 0 Å². The molecule has 0 saturated heterocycles. The predicted octanol–water partition coefficient (Wildman–Crippen LogP) is 4.72. The van der Waals surface area contributed by atoms with Crippen molar-refractivity contribution in [3.05, 3.63) is 17.6 Å². The molecule has 0 bridgehead atoms. The molecule has 3 heteroatoms. The van der Waals surface area contributed by atoms with Crippen molar-refractivity contribution < 1.29 is 0 Å². The number of hydrogen-bond acceptors (Lipinski definition) is 3. The van der Waals surface area contributed by atoms with Crippen molar-refractivity contribution in [1.29, 1.82) is 0 Å². The van der Waals surface area contributed by atoms with Crippen molar-refractivity contribution in [2.75, 3.05) is 11.9 Å². The van der Waals surface area contributed by atoms with Crippen LogP contribution in [-0.4, -0.2) is 16.5 Å². The average molecular weight is 287 g/mol. The molecule has 0 atom stereocenters. The summed E-state index contributed by atoms with van der Waals surface area (Å²) in [7, 11) is 0. The average Bonchev–Trinajstić information content (AvgIpc) is 3.32. The molecule has 0 spiro atoms. The first-order valence-electron chi connectivity index (χ1n) is 8.80. The molecule has 0 aromatic carbocycles. The lowest BCUT2D eigenvalue weighted by Crippen LogP contribution is -2.19. The molecular weight excluding hydrogens is 258 g/mol.